The molecule has 1 aromatic rings. The first-order valence-corrected chi connectivity index (χ1v) is 7.36. The van der Waals surface area contributed by atoms with E-state index in [-0.39, 0.29) is 5.41 Å². The molecule has 1 aromatic carbocycles. The minimum absolute atomic E-state index is 0.244. The number of piperazine rings is 1. The summed E-state index contributed by atoms with van der Waals surface area (Å²) in [5.41, 5.74) is 3.03. The summed E-state index contributed by atoms with van der Waals surface area (Å²) in [5.74, 6) is 0. The maximum Gasteiger partial charge on any atom is 0.0367 e. The van der Waals surface area contributed by atoms with E-state index >= 15 is 0 Å². The molecule has 0 atom stereocenters. The third-order valence-electron chi connectivity index (χ3n) is 3.91. The van der Waals surface area contributed by atoms with Crippen LogP contribution in [0.25, 0.3) is 0 Å². The predicted octanol–water partition coefficient (Wildman–Crippen LogP) is 3.33. The molecule has 0 spiro atoms. The van der Waals surface area contributed by atoms with Gasteiger partial charge < -0.3 is 4.90 Å². The van der Waals surface area contributed by atoms with E-state index in [4.69, 9.17) is 0 Å². The zero-order valence-electron chi connectivity index (χ0n) is 12.8. The third kappa shape index (κ3) is 3.73. The van der Waals surface area contributed by atoms with E-state index in [9.17, 15) is 0 Å². The highest BCUT2D eigenvalue weighted by Gasteiger charge is 2.17. The lowest BCUT2D eigenvalue weighted by Gasteiger charge is -2.36. The van der Waals surface area contributed by atoms with Crippen LogP contribution in [0.3, 0.4) is 0 Å². The number of nitrogens with zero attached hydrogens (tertiary/aromatic N) is 2. The molecule has 1 heterocycles. The maximum absolute atomic E-state index is 2.51. The van der Waals surface area contributed by atoms with Crippen molar-refractivity contribution in [2.75, 3.05) is 37.6 Å². The second-order valence-corrected chi connectivity index (χ2v) is 6.49. The van der Waals surface area contributed by atoms with Crippen molar-refractivity contribution in [3.8, 4) is 0 Å². The third-order valence-corrected chi connectivity index (χ3v) is 3.91. The van der Waals surface area contributed by atoms with Crippen LogP contribution in [-0.2, 0) is 5.41 Å². The summed E-state index contributed by atoms with van der Waals surface area (Å²) in [6.45, 7) is 14.7. The van der Waals surface area contributed by atoms with Crippen LogP contribution in [0.1, 0.15) is 33.3 Å². The molecule has 0 aromatic heterocycles. The summed E-state index contributed by atoms with van der Waals surface area (Å²) in [6.07, 6.45) is 2.24. The molecule has 0 bridgehead atoms. The second-order valence-electron chi connectivity index (χ2n) is 6.49. The van der Waals surface area contributed by atoms with Gasteiger partial charge in [0.15, 0.2) is 0 Å². The van der Waals surface area contributed by atoms with Gasteiger partial charge in [-0.25, -0.2) is 0 Å². The zero-order valence-corrected chi connectivity index (χ0v) is 12.8. The van der Waals surface area contributed by atoms with Crippen molar-refractivity contribution in [1.82, 2.24) is 4.90 Å². The van der Waals surface area contributed by atoms with Gasteiger partial charge in [-0.05, 0) is 29.5 Å². The Balaban J connectivity index is 1.97. The van der Waals surface area contributed by atoms with E-state index in [1.165, 1.54) is 24.3 Å². The Morgan fingerprint density at radius 2 is 1.58 bits per heavy atom. The lowest BCUT2D eigenvalue weighted by Crippen LogP contribution is -2.46. The Kier molecular flexibility index (Phi) is 4.51. The van der Waals surface area contributed by atoms with Gasteiger partial charge in [0.2, 0.25) is 0 Å². The van der Waals surface area contributed by atoms with Crippen molar-refractivity contribution in [2.24, 2.45) is 0 Å². The minimum atomic E-state index is 0.244. The van der Waals surface area contributed by atoms with Crippen LogP contribution in [0.15, 0.2) is 24.3 Å². The van der Waals surface area contributed by atoms with Crippen LogP contribution in [0.4, 0.5) is 5.69 Å². The molecule has 0 unspecified atom stereocenters. The lowest BCUT2D eigenvalue weighted by molar-refractivity contribution is 0.277. The molecule has 1 aliphatic heterocycles. The van der Waals surface area contributed by atoms with E-state index in [1.807, 2.05) is 0 Å². The molecule has 19 heavy (non-hydrogen) atoms. The highest BCUT2D eigenvalue weighted by Crippen LogP contribution is 2.25. The van der Waals surface area contributed by atoms with E-state index in [0.717, 1.165) is 19.6 Å². The average molecular weight is 259 g/mol. The summed E-state index contributed by atoms with van der Waals surface area (Å²) in [7, 11) is 0. The summed E-state index contributed by atoms with van der Waals surface area (Å²) in [6, 6.07) is 9.12. The van der Waals surface area contributed by atoms with Crippen LogP contribution >= 0.6 is 0 Å². The first-order valence-electron chi connectivity index (χ1n) is 7.36. The standard InChI is InChI=1S/C17H27N2/c1-5-10-18-11-13-19(14-12-18)16-8-6-15(7-9-16)17(2,3)4/h5-9H,10-14H2,1-4H3. The van der Waals surface area contributed by atoms with Gasteiger partial charge in [-0.15, -0.1) is 0 Å². The van der Waals surface area contributed by atoms with Crippen LogP contribution in [0, 0.1) is 6.42 Å². The molecular formula is C17H27N2. The van der Waals surface area contributed by atoms with E-state index < -0.39 is 0 Å². The number of hydrogen-bond donors (Lipinski definition) is 0. The average Bonchev–Trinajstić information content (AvgIpc) is 2.39. The molecular weight excluding hydrogens is 232 g/mol. The molecule has 1 fully saturated rings. The van der Waals surface area contributed by atoms with Gasteiger partial charge in [-0.1, -0.05) is 39.8 Å². The predicted molar refractivity (Wildman–Crippen MR) is 83.8 cm³/mol. The molecule has 1 aliphatic rings. The Morgan fingerprint density at radius 1 is 1.00 bits per heavy atom. The number of hydrogen-bond acceptors (Lipinski definition) is 2. The minimum Gasteiger partial charge on any atom is -0.369 e. The van der Waals surface area contributed by atoms with Gasteiger partial charge in [0.05, 0.1) is 0 Å². The van der Waals surface area contributed by atoms with Gasteiger partial charge in [-0.2, -0.15) is 0 Å². The molecule has 2 heteroatoms. The van der Waals surface area contributed by atoms with Gasteiger partial charge in [0.1, 0.15) is 0 Å². The van der Waals surface area contributed by atoms with Crippen molar-refractivity contribution in [3.63, 3.8) is 0 Å². The SMILES string of the molecule is C[CH]CN1CCN(c2ccc(C(C)(C)C)cc2)CC1. The fourth-order valence-corrected chi connectivity index (χ4v) is 2.62. The van der Waals surface area contributed by atoms with Crippen molar-refractivity contribution in [1.29, 1.82) is 0 Å². The van der Waals surface area contributed by atoms with Crippen LogP contribution < -0.4 is 4.90 Å². The normalized spacial score (nSPS) is 17.8. The van der Waals surface area contributed by atoms with Crippen LogP contribution in [-0.4, -0.2) is 37.6 Å². The van der Waals surface area contributed by atoms with Gasteiger partial charge in [-0.3, -0.25) is 4.90 Å². The van der Waals surface area contributed by atoms with Gasteiger partial charge >= 0.3 is 0 Å². The first-order chi connectivity index (χ1) is 9.00. The Hall–Kier alpha value is -1.02. The molecule has 0 amide bonds. The quantitative estimate of drug-likeness (QED) is 0.821. The van der Waals surface area contributed by atoms with Crippen molar-refractivity contribution in [3.05, 3.63) is 36.2 Å². The summed E-state index contributed by atoms with van der Waals surface area (Å²) >= 11 is 0. The Morgan fingerprint density at radius 3 is 2.05 bits per heavy atom. The first kappa shape index (κ1) is 14.4. The van der Waals surface area contributed by atoms with Crippen LogP contribution in [0.2, 0.25) is 0 Å². The van der Waals surface area contributed by atoms with E-state index in [1.54, 1.807) is 0 Å². The number of rotatable bonds is 3. The molecule has 0 aliphatic carbocycles. The maximum atomic E-state index is 2.51. The molecule has 1 saturated heterocycles. The largest absolute Gasteiger partial charge is 0.369 e. The zero-order chi connectivity index (χ0) is 13.9. The van der Waals surface area contributed by atoms with Crippen LogP contribution in [0.5, 0.6) is 0 Å². The fourth-order valence-electron chi connectivity index (χ4n) is 2.62. The van der Waals surface area contributed by atoms with Crippen molar-refractivity contribution in [2.45, 2.75) is 33.1 Å². The monoisotopic (exact) mass is 259 g/mol. The summed E-state index contributed by atoms with van der Waals surface area (Å²) < 4.78 is 0. The molecule has 1 radical (unpaired) electrons. The Bertz CT molecular complexity index is 381. The smallest absolute Gasteiger partial charge is 0.0367 e. The lowest BCUT2D eigenvalue weighted by atomic mass is 9.87. The molecule has 2 nitrogen and oxygen atoms in total. The number of anilines is 1. The second kappa shape index (κ2) is 5.96. The number of benzene rings is 1. The fraction of sp³-hybridized carbons (Fsp3) is 0.588. The summed E-state index contributed by atoms with van der Waals surface area (Å²) in [4.78, 5) is 5.01. The van der Waals surface area contributed by atoms with E-state index in [2.05, 4.69) is 68.2 Å². The van der Waals surface area contributed by atoms with Gasteiger partial charge in [0.25, 0.3) is 0 Å². The van der Waals surface area contributed by atoms with E-state index in [0.29, 0.717) is 0 Å². The van der Waals surface area contributed by atoms with Crippen molar-refractivity contribution >= 4 is 5.69 Å². The molecule has 2 rings (SSSR count). The van der Waals surface area contributed by atoms with Crippen molar-refractivity contribution < 1.29 is 0 Å². The topological polar surface area (TPSA) is 6.48 Å². The summed E-state index contributed by atoms with van der Waals surface area (Å²) in [5, 5.41) is 0. The van der Waals surface area contributed by atoms with Gasteiger partial charge in [0, 0.05) is 38.4 Å². The Labute approximate surface area is 118 Å². The molecule has 105 valence electrons. The molecule has 0 saturated carbocycles. The molecule has 0 N–H and O–H groups in total. The highest BCUT2D eigenvalue weighted by molar-refractivity contribution is 5.49. The highest BCUT2D eigenvalue weighted by atomic mass is 15.3.